The number of nitrogens with one attached hydrogen (secondary N) is 1. The molecule has 0 radical (unpaired) electrons. The van der Waals surface area contributed by atoms with Gasteiger partial charge in [-0.25, -0.2) is 0 Å². The van der Waals surface area contributed by atoms with Crippen molar-refractivity contribution < 1.29 is 0 Å². The molecule has 1 atom stereocenters. The van der Waals surface area contributed by atoms with Gasteiger partial charge in [0.15, 0.2) is 0 Å². The SMILES string of the molecule is Cc1ccccc1-c1cc(C(NCC2CCCCC2)c2cncs2)ccc1C#N. The number of benzene rings is 2. The monoisotopic (exact) mass is 401 g/mol. The van der Waals surface area contributed by atoms with Gasteiger partial charge in [-0.1, -0.05) is 49.6 Å². The quantitative estimate of drug-likeness (QED) is 0.531. The maximum Gasteiger partial charge on any atom is 0.0998 e. The van der Waals surface area contributed by atoms with Crippen molar-refractivity contribution in [3.63, 3.8) is 0 Å². The van der Waals surface area contributed by atoms with Crippen molar-refractivity contribution in [1.82, 2.24) is 10.3 Å². The Balaban J connectivity index is 1.68. The molecule has 1 saturated carbocycles. The molecule has 29 heavy (non-hydrogen) atoms. The van der Waals surface area contributed by atoms with Crippen LogP contribution in [0.15, 0.2) is 54.2 Å². The Morgan fingerprint density at radius 1 is 1.14 bits per heavy atom. The Morgan fingerprint density at radius 2 is 1.97 bits per heavy atom. The summed E-state index contributed by atoms with van der Waals surface area (Å²) >= 11 is 1.69. The first-order chi connectivity index (χ1) is 14.3. The van der Waals surface area contributed by atoms with Crippen LogP contribution in [-0.2, 0) is 0 Å². The Bertz CT molecular complexity index is 982. The summed E-state index contributed by atoms with van der Waals surface area (Å²) < 4.78 is 0. The zero-order chi connectivity index (χ0) is 20.1. The number of rotatable bonds is 6. The molecule has 0 aliphatic heterocycles. The van der Waals surface area contributed by atoms with Gasteiger partial charge in [-0.15, -0.1) is 11.3 Å². The number of hydrogen-bond donors (Lipinski definition) is 1. The molecule has 1 unspecified atom stereocenters. The van der Waals surface area contributed by atoms with Crippen LogP contribution in [0.5, 0.6) is 0 Å². The summed E-state index contributed by atoms with van der Waals surface area (Å²) in [6, 6.07) is 17.0. The van der Waals surface area contributed by atoms with Gasteiger partial charge in [0.2, 0.25) is 0 Å². The molecule has 3 aromatic rings. The highest BCUT2D eigenvalue weighted by molar-refractivity contribution is 7.09. The van der Waals surface area contributed by atoms with Gasteiger partial charge in [0.25, 0.3) is 0 Å². The molecule has 1 fully saturated rings. The highest BCUT2D eigenvalue weighted by atomic mass is 32.1. The second-order valence-corrected chi connectivity index (χ2v) is 8.90. The summed E-state index contributed by atoms with van der Waals surface area (Å²) in [5, 5.41) is 13.5. The third-order valence-electron chi connectivity index (χ3n) is 6.00. The first-order valence-electron chi connectivity index (χ1n) is 10.5. The first kappa shape index (κ1) is 19.8. The van der Waals surface area contributed by atoms with Crippen LogP contribution in [0.25, 0.3) is 11.1 Å². The normalized spacial score (nSPS) is 15.7. The summed E-state index contributed by atoms with van der Waals surface area (Å²) in [4.78, 5) is 5.54. The molecule has 3 nitrogen and oxygen atoms in total. The van der Waals surface area contributed by atoms with Crippen LogP contribution in [-0.4, -0.2) is 11.5 Å². The average molecular weight is 402 g/mol. The van der Waals surface area contributed by atoms with Crippen LogP contribution in [0.4, 0.5) is 0 Å². The fourth-order valence-corrected chi connectivity index (χ4v) is 5.08. The Hall–Kier alpha value is -2.48. The van der Waals surface area contributed by atoms with Gasteiger partial charge >= 0.3 is 0 Å². The van der Waals surface area contributed by atoms with E-state index in [0.717, 1.165) is 29.2 Å². The van der Waals surface area contributed by atoms with Gasteiger partial charge in [-0.3, -0.25) is 4.98 Å². The van der Waals surface area contributed by atoms with Crippen molar-refractivity contribution in [2.45, 2.75) is 45.1 Å². The Kier molecular flexibility index (Phi) is 6.39. The number of thiazole rings is 1. The molecular formula is C25H27N3S. The predicted molar refractivity (Wildman–Crippen MR) is 120 cm³/mol. The molecule has 1 heterocycles. The number of nitriles is 1. The lowest BCUT2D eigenvalue weighted by Gasteiger charge is -2.26. The van der Waals surface area contributed by atoms with Gasteiger partial charge in [-0.2, -0.15) is 5.26 Å². The predicted octanol–water partition coefficient (Wildman–Crippen LogP) is 6.25. The largest absolute Gasteiger partial charge is 0.305 e. The van der Waals surface area contributed by atoms with E-state index in [1.54, 1.807) is 11.3 Å². The molecule has 1 aliphatic carbocycles. The second kappa shape index (κ2) is 9.35. The van der Waals surface area contributed by atoms with E-state index in [2.05, 4.69) is 47.6 Å². The number of aryl methyl sites for hydroxylation is 1. The highest BCUT2D eigenvalue weighted by Gasteiger charge is 2.21. The van der Waals surface area contributed by atoms with Crippen LogP contribution >= 0.6 is 11.3 Å². The molecule has 1 aromatic heterocycles. The summed E-state index contributed by atoms with van der Waals surface area (Å²) in [6.07, 6.45) is 8.70. The zero-order valence-corrected chi connectivity index (χ0v) is 17.7. The van der Waals surface area contributed by atoms with Crippen LogP contribution in [0, 0.1) is 24.2 Å². The summed E-state index contributed by atoms with van der Waals surface area (Å²) in [5.74, 6) is 0.758. The minimum Gasteiger partial charge on any atom is -0.305 e. The average Bonchev–Trinajstić information content (AvgIpc) is 3.29. The molecular weight excluding hydrogens is 374 g/mol. The number of nitrogens with zero attached hydrogens (tertiary/aromatic N) is 2. The fourth-order valence-electron chi connectivity index (χ4n) is 4.36. The van der Waals surface area contributed by atoms with E-state index in [4.69, 9.17) is 0 Å². The summed E-state index contributed by atoms with van der Waals surface area (Å²) in [7, 11) is 0. The van der Waals surface area contributed by atoms with Gasteiger partial charge in [0.05, 0.1) is 23.2 Å². The van der Waals surface area contributed by atoms with E-state index < -0.39 is 0 Å². The van der Waals surface area contributed by atoms with Crippen molar-refractivity contribution in [3.05, 3.63) is 75.7 Å². The summed E-state index contributed by atoms with van der Waals surface area (Å²) in [6.45, 7) is 3.13. The highest BCUT2D eigenvalue weighted by Crippen LogP contribution is 2.33. The van der Waals surface area contributed by atoms with Crippen LogP contribution in [0.2, 0.25) is 0 Å². The second-order valence-electron chi connectivity index (χ2n) is 7.98. The van der Waals surface area contributed by atoms with Crippen molar-refractivity contribution in [1.29, 1.82) is 5.26 Å². The molecule has 1 N–H and O–H groups in total. The van der Waals surface area contributed by atoms with Crippen LogP contribution in [0.1, 0.15) is 59.7 Å². The molecule has 4 heteroatoms. The Labute approximate surface area is 177 Å². The number of aromatic nitrogens is 1. The molecule has 0 spiro atoms. The van der Waals surface area contributed by atoms with Crippen molar-refractivity contribution in [2.24, 2.45) is 5.92 Å². The van der Waals surface area contributed by atoms with E-state index in [-0.39, 0.29) is 6.04 Å². The molecule has 4 rings (SSSR count). The Morgan fingerprint density at radius 3 is 2.69 bits per heavy atom. The summed E-state index contributed by atoms with van der Waals surface area (Å²) in [5.41, 5.74) is 7.14. The van der Waals surface area contributed by atoms with E-state index >= 15 is 0 Å². The minimum atomic E-state index is 0.111. The van der Waals surface area contributed by atoms with E-state index in [0.29, 0.717) is 0 Å². The topological polar surface area (TPSA) is 48.7 Å². The van der Waals surface area contributed by atoms with Gasteiger partial charge < -0.3 is 5.32 Å². The molecule has 0 saturated heterocycles. The first-order valence-corrected chi connectivity index (χ1v) is 11.4. The molecule has 2 aromatic carbocycles. The van der Waals surface area contributed by atoms with Crippen LogP contribution in [0.3, 0.4) is 0 Å². The van der Waals surface area contributed by atoms with Crippen molar-refractivity contribution in [3.8, 4) is 17.2 Å². The lowest BCUT2D eigenvalue weighted by molar-refractivity contribution is 0.335. The van der Waals surface area contributed by atoms with Gasteiger partial charge in [0, 0.05) is 16.6 Å². The van der Waals surface area contributed by atoms with E-state index in [1.165, 1.54) is 48.1 Å². The number of hydrogen-bond acceptors (Lipinski definition) is 4. The maximum absolute atomic E-state index is 9.68. The lowest BCUT2D eigenvalue weighted by Crippen LogP contribution is -2.29. The van der Waals surface area contributed by atoms with E-state index in [1.807, 2.05) is 29.9 Å². The lowest BCUT2D eigenvalue weighted by atomic mass is 9.88. The smallest absolute Gasteiger partial charge is 0.0998 e. The fraction of sp³-hybridized carbons (Fsp3) is 0.360. The maximum atomic E-state index is 9.68. The minimum absolute atomic E-state index is 0.111. The van der Waals surface area contributed by atoms with Gasteiger partial charge in [0.1, 0.15) is 0 Å². The standard InChI is InChI=1S/C25H27N3S/c1-18-7-5-6-10-22(18)23-13-20(11-12-21(23)14-26)25(24-16-27-17-29-24)28-15-19-8-3-2-4-9-19/h5-7,10-13,16-17,19,25,28H,2-4,8-9,15H2,1H3. The zero-order valence-electron chi connectivity index (χ0n) is 16.9. The molecule has 0 bridgehead atoms. The molecule has 1 aliphatic rings. The van der Waals surface area contributed by atoms with E-state index in [9.17, 15) is 5.26 Å². The molecule has 0 amide bonds. The third kappa shape index (κ3) is 4.58. The van der Waals surface area contributed by atoms with Crippen molar-refractivity contribution in [2.75, 3.05) is 6.54 Å². The molecule has 148 valence electrons. The van der Waals surface area contributed by atoms with Gasteiger partial charge in [-0.05, 0) is 61.1 Å². The third-order valence-corrected chi connectivity index (χ3v) is 6.84. The van der Waals surface area contributed by atoms with Crippen LogP contribution < -0.4 is 5.32 Å². The van der Waals surface area contributed by atoms with Crippen molar-refractivity contribution >= 4 is 11.3 Å².